The van der Waals surface area contributed by atoms with E-state index in [-0.39, 0.29) is 0 Å². The van der Waals surface area contributed by atoms with Crippen molar-refractivity contribution in [1.29, 1.82) is 0 Å². The van der Waals surface area contributed by atoms with E-state index in [2.05, 4.69) is 11.1 Å². The van der Waals surface area contributed by atoms with Crippen LogP contribution in [0.15, 0.2) is 24.3 Å². The number of benzene rings is 1. The number of aromatic nitrogens is 1. The van der Waals surface area contributed by atoms with E-state index in [1.165, 1.54) is 0 Å². The maximum Gasteiger partial charge on any atom is 0.115 e. The molecule has 2 aromatic rings. The van der Waals surface area contributed by atoms with Crippen molar-refractivity contribution in [2.45, 2.75) is 0 Å². The molecule has 0 bridgehead atoms. The molecule has 0 saturated heterocycles. The van der Waals surface area contributed by atoms with Gasteiger partial charge >= 0.3 is 0 Å². The fourth-order valence-corrected chi connectivity index (χ4v) is 1.17. The Labute approximate surface area is 63.6 Å². The van der Waals surface area contributed by atoms with Crippen molar-refractivity contribution in [3.63, 3.8) is 0 Å². The first-order chi connectivity index (χ1) is 4.86. The lowest BCUT2D eigenvalue weighted by Crippen LogP contribution is -1.62. The molecule has 2 heteroatoms. The van der Waals surface area contributed by atoms with Crippen molar-refractivity contribution in [2.75, 3.05) is 0 Å². The van der Waals surface area contributed by atoms with Gasteiger partial charge in [0.25, 0.3) is 0 Å². The van der Waals surface area contributed by atoms with Gasteiger partial charge in [-0.1, -0.05) is 29.8 Å². The predicted molar refractivity (Wildman–Crippen MR) is 42.1 cm³/mol. The van der Waals surface area contributed by atoms with Crippen molar-refractivity contribution in [2.24, 2.45) is 0 Å². The molecule has 0 fully saturated rings. The fourth-order valence-electron chi connectivity index (χ4n) is 0.969. The van der Waals surface area contributed by atoms with E-state index in [1.54, 1.807) is 0 Å². The second kappa shape index (κ2) is 2.03. The first-order valence-corrected chi connectivity index (χ1v) is 3.39. The summed E-state index contributed by atoms with van der Waals surface area (Å²) in [4.78, 5) is 2.97. The van der Waals surface area contributed by atoms with Gasteiger partial charge < -0.3 is 4.98 Å². The largest absolute Gasteiger partial charge is 0.345 e. The molecule has 0 aliphatic heterocycles. The monoisotopic (exact) mass is 150 g/mol. The average molecular weight is 151 g/mol. The Kier molecular flexibility index (Phi) is 1.18. The van der Waals surface area contributed by atoms with Crippen LogP contribution in [0.25, 0.3) is 10.9 Å². The Morgan fingerprint density at radius 3 is 2.90 bits per heavy atom. The second-order valence-electron chi connectivity index (χ2n) is 2.11. The Morgan fingerprint density at radius 2 is 2.10 bits per heavy atom. The minimum Gasteiger partial charge on any atom is -0.345 e. The highest BCUT2D eigenvalue weighted by molar-refractivity contribution is 6.30. The molecule has 1 nitrogen and oxygen atoms in total. The Hall–Kier alpha value is -0.950. The molecule has 1 heterocycles. The summed E-state index contributed by atoms with van der Waals surface area (Å²) < 4.78 is 0. The quantitative estimate of drug-likeness (QED) is 0.594. The standard InChI is InChI=1S/C8H5ClN/c9-8-5-6-3-1-2-4-7(6)10-8/h1-4,10H. The van der Waals surface area contributed by atoms with Crippen LogP contribution in [0.4, 0.5) is 0 Å². The zero-order valence-electron chi connectivity index (χ0n) is 5.19. The molecule has 0 spiro atoms. The van der Waals surface area contributed by atoms with Crippen LogP contribution >= 0.6 is 11.6 Å². The van der Waals surface area contributed by atoms with E-state index in [1.807, 2.05) is 24.3 Å². The molecule has 0 unspecified atom stereocenters. The van der Waals surface area contributed by atoms with Gasteiger partial charge in [-0.15, -0.1) is 0 Å². The lowest BCUT2D eigenvalue weighted by atomic mass is 10.3. The van der Waals surface area contributed by atoms with Crippen LogP contribution in [0, 0.1) is 6.07 Å². The molecule has 2 rings (SSSR count). The van der Waals surface area contributed by atoms with E-state index in [0.717, 1.165) is 10.9 Å². The number of H-pyrrole nitrogens is 1. The van der Waals surface area contributed by atoms with Crippen LogP contribution < -0.4 is 0 Å². The van der Waals surface area contributed by atoms with E-state index in [4.69, 9.17) is 11.6 Å². The Bertz CT molecular complexity index is 318. The molecule has 1 radical (unpaired) electrons. The van der Waals surface area contributed by atoms with Gasteiger partial charge in [0.2, 0.25) is 0 Å². The van der Waals surface area contributed by atoms with Crippen LogP contribution in [0.1, 0.15) is 0 Å². The molecule has 0 amide bonds. The van der Waals surface area contributed by atoms with Gasteiger partial charge in [-0.3, -0.25) is 0 Å². The number of hydrogen-bond acceptors (Lipinski definition) is 0. The molecule has 0 saturated carbocycles. The highest BCUT2D eigenvalue weighted by Gasteiger charge is 1.94. The summed E-state index contributed by atoms with van der Waals surface area (Å²) in [5.74, 6) is 0. The maximum absolute atomic E-state index is 5.67. The third-order valence-corrected chi connectivity index (χ3v) is 1.60. The van der Waals surface area contributed by atoms with Crippen molar-refractivity contribution in [1.82, 2.24) is 4.98 Å². The molecule has 1 aromatic carbocycles. The highest BCUT2D eigenvalue weighted by Crippen LogP contribution is 2.16. The summed E-state index contributed by atoms with van der Waals surface area (Å²) in [5, 5.41) is 1.61. The zero-order valence-corrected chi connectivity index (χ0v) is 5.94. The van der Waals surface area contributed by atoms with Crippen LogP contribution in [0.2, 0.25) is 5.15 Å². The molecule has 1 aromatic heterocycles. The number of para-hydroxylation sites is 1. The Morgan fingerprint density at radius 1 is 1.30 bits per heavy atom. The fraction of sp³-hybridized carbons (Fsp3) is 0. The molecule has 10 heavy (non-hydrogen) atoms. The molecule has 0 atom stereocenters. The summed E-state index contributed by atoms with van der Waals surface area (Å²) in [6.45, 7) is 0. The number of aromatic amines is 1. The SMILES string of the molecule is Clc1[c]c2ccccc2[nH]1. The number of halogens is 1. The van der Waals surface area contributed by atoms with E-state index < -0.39 is 0 Å². The first-order valence-electron chi connectivity index (χ1n) is 3.02. The van der Waals surface area contributed by atoms with Gasteiger partial charge in [0.1, 0.15) is 5.15 Å². The van der Waals surface area contributed by atoms with Crippen molar-refractivity contribution < 1.29 is 0 Å². The predicted octanol–water partition coefficient (Wildman–Crippen LogP) is 2.62. The third-order valence-electron chi connectivity index (χ3n) is 1.42. The first kappa shape index (κ1) is 5.81. The van der Waals surface area contributed by atoms with E-state index in [9.17, 15) is 0 Å². The smallest absolute Gasteiger partial charge is 0.115 e. The van der Waals surface area contributed by atoms with Crippen molar-refractivity contribution in [3.05, 3.63) is 35.5 Å². The normalized spacial score (nSPS) is 10.5. The average Bonchev–Trinajstić information content (AvgIpc) is 2.27. The lowest BCUT2D eigenvalue weighted by molar-refractivity contribution is 1.47. The van der Waals surface area contributed by atoms with Gasteiger partial charge in [0, 0.05) is 17.0 Å². The maximum atomic E-state index is 5.67. The third kappa shape index (κ3) is 0.792. The minimum absolute atomic E-state index is 0.571. The van der Waals surface area contributed by atoms with Crippen molar-refractivity contribution in [3.8, 4) is 0 Å². The van der Waals surface area contributed by atoms with Gasteiger partial charge in [0.15, 0.2) is 0 Å². The number of rotatable bonds is 0. The van der Waals surface area contributed by atoms with E-state index in [0.29, 0.717) is 5.15 Å². The Balaban J connectivity index is 2.88. The molecule has 49 valence electrons. The van der Waals surface area contributed by atoms with Gasteiger partial charge in [-0.2, -0.15) is 0 Å². The van der Waals surface area contributed by atoms with Gasteiger partial charge in [0.05, 0.1) is 0 Å². The molecule has 1 N–H and O–H groups in total. The molecular weight excluding hydrogens is 146 g/mol. The topological polar surface area (TPSA) is 15.8 Å². The molecule has 0 aliphatic carbocycles. The van der Waals surface area contributed by atoms with Crippen LogP contribution in [0.5, 0.6) is 0 Å². The van der Waals surface area contributed by atoms with Crippen molar-refractivity contribution >= 4 is 22.5 Å². The van der Waals surface area contributed by atoms with Crippen LogP contribution in [-0.2, 0) is 0 Å². The zero-order chi connectivity index (χ0) is 6.97. The minimum atomic E-state index is 0.571. The van der Waals surface area contributed by atoms with Crippen LogP contribution in [-0.4, -0.2) is 4.98 Å². The molecular formula is C8H5ClN. The van der Waals surface area contributed by atoms with Gasteiger partial charge in [-0.05, 0) is 6.07 Å². The van der Waals surface area contributed by atoms with E-state index >= 15 is 0 Å². The number of fused-ring (bicyclic) bond motifs is 1. The second-order valence-corrected chi connectivity index (χ2v) is 2.49. The lowest BCUT2D eigenvalue weighted by Gasteiger charge is -1.82. The summed E-state index contributed by atoms with van der Waals surface area (Å²) in [6, 6.07) is 10.8. The van der Waals surface area contributed by atoms with Gasteiger partial charge in [-0.25, -0.2) is 0 Å². The molecule has 0 aliphatic rings. The van der Waals surface area contributed by atoms with Crippen LogP contribution in [0.3, 0.4) is 0 Å². The summed E-state index contributed by atoms with van der Waals surface area (Å²) in [6.07, 6.45) is 0. The summed E-state index contributed by atoms with van der Waals surface area (Å²) in [7, 11) is 0. The highest BCUT2D eigenvalue weighted by atomic mass is 35.5. The summed E-state index contributed by atoms with van der Waals surface area (Å²) >= 11 is 5.67. The number of hydrogen-bond donors (Lipinski definition) is 1. The summed E-state index contributed by atoms with van der Waals surface area (Å²) in [5.41, 5.74) is 1.03. The number of nitrogens with one attached hydrogen (secondary N) is 1.